The zero-order valence-corrected chi connectivity index (χ0v) is 20.8. The van der Waals surface area contributed by atoms with E-state index in [9.17, 15) is 22.5 Å². The van der Waals surface area contributed by atoms with E-state index in [2.05, 4.69) is 14.9 Å². The van der Waals surface area contributed by atoms with Crippen molar-refractivity contribution in [2.24, 2.45) is 5.14 Å². The highest BCUT2D eigenvalue weighted by molar-refractivity contribution is 7.89. The number of ether oxygens (including phenoxy) is 2. The molecule has 0 radical (unpaired) electrons. The zero-order chi connectivity index (χ0) is 27.2. The molecule has 2 aromatic carbocycles. The highest BCUT2D eigenvalue weighted by Gasteiger charge is 2.19. The first-order valence-corrected chi connectivity index (χ1v) is 12.4. The molecule has 1 heterocycles. The van der Waals surface area contributed by atoms with Crippen LogP contribution >= 0.6 is 0 Å². The van der Waals surface area contributed by atoms with Crippen molar-refractivity contribution in [3.8, 4) is 5.69 Å². The van der Waals surface area contributed by atoms with Gasteiger partial charge in [0, 0.05) is 12.8 Å². The molecule has 0 aliphatic rings. The molecule has 0 fully saturated rings. The number of aryl methyl sites for hydroxylation is 2. The predicted molar refractivity (Wildman–Crippen MR) is 124 cm³/mol. The number of nitrogens with zero attached hydrogens (tertiary/aromatic N) is 4. The number of sulfonamides is 1. The zero-order valence-electron chi connectivity index (χ0n) is 20.0. The Kier molecular flexibility index (Phi) is 8.73. The summed E-state index contributed by atoms with van der Waals surface area (Å²) in [7, 11) is -4.12. The van der Waals surface area contributed by atoms with Crippen LogP contribution in [-0.2, 0) is 37.4 Å². The first-order chi connectivity index (χ1) is 17.4. The Morgan fingerprint density at radius 1 is 1.16 bits per heavy atom. The van der Waals surface area contributed by atoms with Crippen molar-refractivity contribution in [1.82, 2.24) is 14.8 Å². The van der Waals surface area contributed by atoms with Crippen molar-refractivity contribution in [1.29, 1.82) is 0 Å². The molecule has 13 nitrogen and oxygen atoms in total. The van der Waals surface area contributed by atoms with E-state index in [0.29, 0.717) is 5.82 Å². The number of primary sulfonamides is 1. The van der Waals surface area contributed by atoms with E-state index in [1.807, 2.05) is 32.0 Å². The molecule has 0 saturated carbocycles. The highest BCUT2D eigenvalue weighted by atomic mass is 32.2. The molecule has 0 unspecified atom stereocenters. The summed E-state index contributed by atoms with van der Waals surface area (Å²) < 4.78 is 49.1. The van der Waals surface area contributed by atoms with Gasteiger partial charge in [-0.1, -0.05) is 23.8 Å². The number of rotatable bonds is 11. The molecule has 15 heteroatoms. The van der Waals surface area contributed by atoms with Gasteiger partial charge < -0.3 is 9.47 Å². The normalized spacial score (nSPS) is 11.2. The second-order valence-electron chi connectivity index (χ2n) is 7.93. The van der Waals surface area contributed by atoms with Crippen molar-refractivity contribution in [2.75, 3.05) is 13.2 Å². The van der Waals surface area contributed by atoms with Gasteiger partial charge in [0.15, 0.2) is 19.0 Å². The molecule has 3 rings (SSSR count). The number of benzene rings is 2. The van der Waals surface area contributed by atoms with E-state index in [4.69, 9.17) is 19.8 Å². The Hall–Kier alpha value is -4.11. The van der Waals surface area contributed by atoms with Gasteiger partial charge in [-0.2, -0.15) is 4.84 Å². The first-order valence-electron chi connectivity index (χ1n) is 10.9. The van der Waals surface area contributed by atoms with Crippen molar-refractivity contribution >= 4 is 16.2 Å². The highest BCUT2D eigenvalue weighted by Crippen LogP contribution is 2.22. The van der Waals surface area contributed by atoms with Gasteiger partial charge in [0.1, 0.15) is 22.2 Å². The summed E-state index contributed by atoms with van der Waals surface area (Å²) in [6, 6.07) is 8.99. The second kappa shape index (κ2) is 11.7. The fourth-order valence-electron chi connectivity index (χ4n) is 3.28. The summed E-state index contributed by atoms with van der Waals surface area (Å²) in [5.74, 6) is -0.545. The SMILES string of the molecule is Cc1ccc(C)c(Cc2nc(COC(=O)OCCCO[N+](=O)O)nn2-c2ccc(S(N)(=O)=O)cc2F)c1. The van der Waals surface area contributed by atoms with E-state index in [-0.39, 0.29) is 37.6 Å². The molecule has 0 bridgehead atoms. The van der Waals surface area contributed by atoms with E-state index in [0.717, 1.165) is 28.8 Å². The predicted octanol–water partition coefficient (Wildman–Crippen LogP) is 2.40. The molecule has 3 aromatic rings. The molecule has 0 amide bonds. The van der Waals surface area contributed by atoms with Crippen molar-refractivity contribution in [3.05, 3.63) is 75.5 Å². The largest absolute Gasteiger partial charge is 0.508 e. The third-order valence-electron chi connectivity index (χ3n) is 5.08. The lowest BCUT2D eigenvalue weighted by Crippen LogP contribution is -2.13. The average molecular weight is 539 g/mol. The van der Waals surface area contributed by atoms with Crippen LogP contribution < -0.4 is 5.14 Å². The molecule has 0 spiro atoms. The van der Waals surface area contributed by atoms with E-state index in [1.165, 1.54) is 10.7 Å². The fraction of sp³-hybridized carbons (Fsp3) is 0.318. The van der Waals surface area contributed by atoms with Crippen LogP contribution in [0.25, 0.3) is 5.69 Å². The van der Waals surface area contributed by atoms with Crippen molar-refractivity contribution < 1.29 is 42.2 Å². The Morgan fingerprint density at radius 3 is 2.59 bits per heavy atom. The average Bonchev–Trinajstić information content (AvgIpc) is 3.21. The number of aromatic nitrogens is 3. The minimum Gasteiger partial charge on any atom is -0.434 e. The monoisotopic (exact) mass is 538 g/mol. The summed E-state index contributed by atoms with van der Waals surface area (Å²) in [5.41, 5.74) is 2.81. The van der Waals surface area contributed by atoms with Gasteiger partial charge in [-0.3, -0.25) is 0 Å². The number of carbonyl (C=O) groups is 1. The minimum atomic E-state index is -4.12. The molecular weight excluding hydrogens is 513 g/mol. The smallest absolute Gasteiger partial charge is 0.434 e. The number of hydrogen-bond donors (Lipinski definition) is 2. The lowest BCUT2D eigenvalue weighted by molar-refractivity contribution is -0.975. The van der Waals surface area contributed by atoms with Crippen LogP contribution in [0.2, 0.25) is 0 Å². The summed E-state index contributed by atoms with van der Waals surface area (Å²) in [6.45, 7) is 3.11. The standard InChI is InChI=1S/C22H25FN5O8S/c1-14-4-5-15(2)16(10-14)11-21-25-20(13-35-22(29)34-8-3-9-36-28(30)31)26-27(21)19-7-6-17(12-18(19)23)37(24,32)33/h4-7,10,12H,3,8-9,11,13H2,1-2H3,(H,30,31)(H2,24,32,33)/q+1. The van der Waals surface area contributed by atoms with Crippen LogP contribution in [0.3, 0.4) is 0 Å². The number of halogens is 1. The summed E-state index contributed by atoms with van der Waals surface area (Å²) in [6.07, 6.45) is -0.670. The molecule has 0 atom stereocenters. The van der Waals surface area contributed by atoms with Gasteiger partial charge in [0.2, 0.25) is 10.0 Å². The molecule has 198 valence electrons. The maximum atomic E-state index is 14.9. The number of carbonyl (C=O) groups excluding carboxylic acids is 1. The topological polar surface area (TPSA) is 176 Å². The van der Waals surface area contributed by atoms with Crippen LogP contribution in [0, 0.1) is 24.6 Å². The summed E-state index contributed by atoms with van der Waals surface area (Å²) in [4.78, 5) is 30.3. The van der Waals surface area contributed by atoms with Crippen LogP contribution in [0.1, 0.15) is 34.8 Å². The van der Waals surface area contributed by atoms with Crippen molar-refractivity contribution in [3.63, 3.8) is 0 Å². The fourth-order valence-corrected chi connectivity index (χ4v) is 3.81. The van der Waals surface area contributed by atoms with Gasteiger partial charge in [-0.05, 0) is 43.2 Å². The van der Waals surface area contributed by atoms with Gasteiger partial charge in [0.25, 0.3) is 0 Å². The molecule has 0 aliphatic heterocycles. The van der Waals surface area contributed by atoms with E-state index < -0.39 is 38.6 Å². The second-order valence-corrected chi connectivity index (χ2v) is 9.49. The van der Waals surface area contributed by atoms with Crippen LogP contribution in [0.4, 0.5) is 9.18 Å². The Bertz CT molecular complexity index is 1410. The van der Waals surface area contributed by atoms with Gasteiger partial charge >= 0.3 is 11.2 Å². The Morgan fingerprint density at radius 2 is 1.92 bits per heavy atom. The third-order valence-corrected chi connectivity index (χ3v) is 5.99. The number of nitrogens with two attached hydrogens (primary N) is 1. The van der Waals surface area contributed by atoms with E-state index in [1.54, 1.807) is 0 Å². The molecule has 3 N–H and O–H groups in total. The van der Waals surface area contributed by atoms with Crippen LogP contribution in [-0.4, -0.2) is 52.8 Å². The van der Waals surface area contributed by atoms with Crippen molar-refractivity contribution in [2.45, 2.75) is 38.2 Å². The quantitative estimate of drug-likeness (QED) is 0.209. The maximum Gasteiger partial charge on any atom is 0.508 e. The Labute approximate surface area is 211 Å². The molecule has 0 aliphatic carbocycles. The number of hydrogen-bond acceptors (Lipinski definition) is 9. The van der Waals surface area contributed by atoms with E-state index >= 15 is 0 Å². The maximum absolute atomic E-state index is 14.9. The molecule has 37 heavy (non-hydrogen) atoms. The van der Waals surface area contributed by atoms with Gasteiger partial charge in [-0.15, -0.1) is 5.10 Å². The van der Waals surface area contributed by atoms with Crippen LogP contribution in [0.5, 0.6) is 0 Å². The molecule has 0 saturated heterocycles. The summed E-state index contributed by atoms with van der Waals surface area (Å²) >= 11 is 0. The lowest BCUT2D eigenvalue weighted by atomic mass is 10.0. The Balaban J connectivity index is 1.82. The summed E-state index contributed by atoms with van der Waals surface area (Å²) in [5, 5.41) is 16.9. The van der Waals surface area contributed by atoms with Gasteiger partial charge in [-0.25, -0.2) is 37.6 Å². The van der Waals surface area contributed by atoms with Gasteiger partial charge in [0.05, 0.1) is 11.5 Å². The first kappa shape index (κ1) is 27.5. The van der Waals surface area contributed by atoms with Crippen LogP contribution in [0.15, 0.2) is 41.3 Å². The molecular formula is C22H25FN5O8S+. The lowest BCUT2D eigenvalue weighted by Gasteiger charge is -2.10. The minimum absolute atomic E-state index is 0.0396. The third kappa shape index (κ3) is 7.68. The molecule has 1 aromatic heterocycles.